The van der Waals surface area contributed by atoms with Gasteiger partial charge in [-0.05, 0) is 88.1 Å². The lowest BCUT2D eigenvalue weighted by Gasteiger charge is -2.44. The van der Waals surface area contributed by atoms with Crippen molar-refractivity contribution in [3.05, 3.63) is 34.3 Å². The molecule has 3 rings (SSSR count). The van der Waals surface area contributed by atoms with Gasteiger partial charge in [0.05, 0.1) is 5.60 Å². The molecule has 1 aromatic carbocycles. The number of piperidine rings is 1. The highest BCUT2D eigenvalue weighted by atomic mass is 35.5. The third-order valence-corrected chi connectivity index (χ3v) is 9.10. The van der Waals surface area contributed by atoms with Crippen LogP contribution >= 0.6 is 11.6 Å². The predicted molar refractivity (Wildman–Crippen MR) is 148 cm³/mol. The molecule has 0 bridgehead atoms. The Kier molecular flexibility index (Phi) is 12.0. The van der Waals surface area contributed by atoms with Crippen molar-refractivity contribution >= 4 is 17.5 Å². The minimum atomic E-state index is -1.01. The zero-order valence-corrected chi connectivity index (χ0v) is 23.6. The van der Waals surface area contributed by atoms with Crippen LogP contribution in [0.4, 0.5) is 0 Å². The first-order valence-corrected chi connectivity index (χ1v) is 14.7. The minimum absolute atomic E-state index is 0.00370. The number of carbonyl (C=O) groups excluding carboxylic acids is 1. The van der Waals surface area contributed by atoms with Crippen molar-refractivity contribution in [1.29, 1.82) is 0 Å². The van der Waals surface area contributed by atoms with E-state index in [0.29, 0.717) is 36.9 Å². The number of halogens is 1. The minimum Gasteiger partial charge on any atom is -0.385 e. The molecule has 6 heteroatoms. The van der Waals surface area contributed by atoms with Gasteiger partial charge in [0.15, 0.2) is 0 Å². The van der Waals surface area contributed by atoms with Gasteiger partial charge in [0, 0.05) is 44.2 Å². The summed E-state index contributed by atoms with van der Waals surface area (Å²) in [6.07, 6.45) is 12.7. The number of carbonyl (C=O) groups is 1. The van der Waals surface area contributed by atoms with Crippen molar-refractivity contribution < 1.29 is 14.6 Å². The maximum Gasteiger partial charge on any atom is 0.222 e. The molecular weight excluding hydrogens is 472 g/mol. The summed E-state index contributed by atoms with van der Waals surface area (Å²) in [5, 5.41) is 16.3. The number of nitrogens with one attached hydrogen (secondary N) is 1. The number of amides is 1. The average Bonchev–Trinajstić information content (AvgIpc) is 2.89. The lowest BCUT2D eigenvalue weighted by Crippen LogP contribution is -2.49. The fourth-order valence-corrected chi connectivity index (χ4v) is 6.84. The molecule has 1 aliphatic heterocycles. The SMILES string of the molecule is CNC[C@@H](CC(=O)N1CCC[C@@H]([C@@](O)(CCCCOC)c2cccc(Cl)c2C)C1)CC1CCCCC1. The van der Waals surface area contributed by atoms with Crippen LogP contribution < -0.4 is 5.32 Å². The Labute approximate surface area is 224 Å². The van der Waals surface area contributed by atoms with Crippen LogP contribution in [0.25, 0.3) is 0 Å². The lowest BCUT2D eigenvalue weighted by atomic mass is 9.72. The Morgan fingerprint density at radius 3 is 2.72 bits per heavy atom. The first kappa shape index (κ1) is 29.4. The molecule has 2 aliphatic rings. The third kappa shape index (κ3) is 7.93. The Morgan fingerprint density at radius 2 is 2.00 bits per heavy atom. The molecule has 1 aromatic rings. The molecule has 5 nitrogen and oxygen atoms in total. The van der Waals surface area contributed by atoms with Gasteiger partial charge in [-0.25, -0.2) is 0 Å². The number of rotatable bonds is 13. The molecule has 1 saturated heterocycles. The van der Waals surface area contributed by atoms with E-state index in [1.165, 1.54) is 32.1 Å². The van der Waals surface area contributed by atoms with E-state index >= 15 is 0 Å². The second-order valence-electron chi connectivity index (χ2n) is 11.3. The molecule has 1 heterocycles. The molecule has 1 amide bonds. The van der Waals surface area contributed by atoms with Crippen LogP contribution in [0, 0.1) is 24.7 Å². The summed E-state index contributed by atoms with van der Waals surface area (Å²) in [5.74, 6) is 1.40. The summed E-state index contributed by atoms with van der Waals surface area (Å²) in [4.78, 5) is 15.6. The Hall–Kier alpha value is -1.14. The molecular formula is C30H49ClN2O3. The number of benzene rings is 1. The molecule has 204 valence electrons. The summed E-state index contributed by atoms with van der Waals surface area (Å²) < 4.78 is 5.25. The molecule has 3 atom stereocenters. The second-order valence-corrected chi connectivity index (χ2v) is 11.7. The number of unbranched alkanes of at least 4 members (excludes halogenated alkanes) is 1. The highest BCUT2D eigenvalue weighted by Crippen LogP contribution is 2.42. The first-order valence-electron chi connectivity index (χ1n) is 14.3. The van der Waals surface area contributed by atoms with Gasteiger partial charge in [-0.2, -0.15) is 0 Å². The monoisotopic (exact) mass is 520 g/mol. The Balaban J connectivity index is 1.72. The van der Waals surface area contributed by atoms with Gasteiger partial charge in [-0.15, -0.1) is 0 Å². The van der Waals surface area contributed by atoms with E-state index in [0.717, 1.165) is 62.2 Å². The largest absolute Gasteiger partial charge is 0.385 e. The van der Waals surface area contributed by atoms with Crippen molar-refractivity contribution in [3.63, 3.8) is 0 Å². The first-order chi connectivity index (χ1) is 17.4. The van der Waals surface area contributed by atoms with Gasteiger partial charge >= 0.3 is 0 Å². The van der Waals surface area contributed by atoms with E-state index in [1.807, 2.05) is 37.1 Å². The van der Waals surface area contributed by atoms with E-state index < -0.39 is 5.60 Å². The molecule has 0 radical (unpaired) electrons. The predicted octanol–water partition coefficient (Wildman–Crippen LogP) is 6.09. The van der Waals surface area contributed by atoms with Gasteiger partial charge in [0.2, 0.25) is 5.91 Å². The van der Waals surface area contributed by atoms with E-state index in [4.69, 9.17) is 16.3 Å². The number of methoxy groups -OCH3 is 1. The molecule has 0 spiro atoms. The van der Waals surface area contributed by atoms with Gasteiger partial charge in [-0.3, -0.25) is 4.79 Å². The maximum absolute atomic E-state index is 13.5. The van der Waals surface area contributed by atoms with Crippen LogP contribution in [0.3, 0.4) is 0 Å². The zero-order chi connectivity index (χ0) is 26.0. The van der Waals surface area contributed by atoms with Gasteiger partial charge in [-0.1, -0.05) is 55.8 Å². The molecule has 0 unspecified atom stereocenters. The lowest BCUT2D eigenvalue weighted by molar-refractivity contribution is -0.138. The van der Waals surface area contributed by atoms with E-state index in [9.17, 15) is 9.90 Å². The quantitative estimate of drug-likeness (QED) is 0.309. The van der Waals surface area contributed by atoms with Crippen molar-refractivity contribution in [3.8, 4) is 0 Å². The molecule has 1 saturated carbocycles. The van der Waals surface area contributed by atoms with Gasteiger partial charge in [0.1, 0.15) is 0 Å². The van der Waals surface area contributed by atoms with Crippen LogP contribution in [0.15, 0.2) is 18.2 Å². The fraction of sp³-hybridized carbons (Fsp3) is 0.767. The van der Waals surface area contributed by atoms with Crippen LogP contribution in [-0.2, 0) is 15.1 Å². The number of likely N-dealkylation sites (tertiary alicyclic amines) is 1. The fourth-order valence-electron chi connectivity index (χ4n) is 6.67. The standard InChI is InChI=1S/C30H49ClN2O3/c1-23-27(14-9-15-28(23)31)30(35,16-7-8-18-36-3)26-13-10-17-33(22-26)29(34)20-25(21-32-2)19-24-11-5-4-6-12-24/h9,14-15,24-26,32,35H,4-8,10-13,16-22H2,1-3H3/t25-,26-,30+/m1/s1. The van der Waals surface area contributed by atoms with Crippen molar-refractivity contribution in [2.24, 2.45) is 17.8 Å². The van der Waals surface area contributed by atoms with Crippen LogP contribution in [0.5, 0.6) is 0 Å². The van der Waals surface area contributed by atoms with Crippen molar-refractivity contribution in [1.82, 2.24) is 10.2 Å². The van der Waals surface area contributed by atoms with Crippen molar-refractivity contribution in [2.45, 2.75) is 89.6 Å². The molecule has 0 aromatic heterocycles. The maximum atomic E-state index is 13.5. The smallest absolute Gasteiger partial charge is 0.222 e. The summed E-state index contributed by atoms with van der Waals surface area (Å²) >= 11 is 6.49. The number of nitrogens with zero attached hydrogens (tertiary/aromatic N) is 1. The number of aliphatic hydroxyl groups is 1. The topological polar surface area (TPSA) is 61.8 Å². The zero-order valence-electron chi connectivity index (χ0n) is 22.9. The van der Waals surface area contributed by atoms with Crippen LogP contribution in [0.1, 0.15) is 88.2 Å². The normalized spacial score (nSPS) is 21.8. The molecule has 36 heavy (non-hydrogen) atoms. The van der Waals surface area contributed by atoms with E-state index in [1.54, 1.807) is 7.11 Å². The highest BCUT2D eigenvalue weighted by Gasteiger charge is 2.42. The van der Waals surface area contributed by atoms with Crippen LogP contribution in [0.2, 0.25) is 5.02 Å². The summed E-state index contributed by atoms with van der Waals surface area (Å²) in [6.45, 7) is 4.98. The number of ether oxygens (including phenoxy) is 1. The van der Waals surface area contributed by atoms with Crippen LogP contribution in [-0.4, -0.2) is 56.3 Å². The Bertz CT molecular complexity index is 813. The summed E-state index contributed by atoms with van der Waals surface area (Å²) in [5.41, 5.74) is 0.851. The summed E-state index contributed by atoms with van der Waals surface area (Å²) in [7, 11) is 3.71. The number of hydrogen-bond donors (Lipinski definition) is 2. The van der Waals surface area contributed by atoms with E-state index in [2.05, 4.69) is 5.32 Å². The van der Waals surface area contributed by atoms with Gasteiger partial charge in [0.25, 0.3) is 0 Å². The van der Waals surface area contributed by atoms with Crippen molar-refractivity contribution in [2.75, 3.05) is 40.4 Å². The second kappa shape index (κ2) is 14.7. The number of hydrogen-bond acceptors (Lipinski definition) is 4. The molecule has 2 fully saturated rings. The Morgan fingerprint density at radius 1 is 1.22 bits per heavy atom. The van der Waals surface area contributed by atoms with E-state index in [-0.39, 0.29) is 11.8 Å². The highest BCUT2D eigenvalue weighted by molar-refractivity contribution is 6.31. The van der Waals surface area contributed by atoms with Gasteiger partial charge < -0.3 is 20.1 Å². The molecule has 1 aliphatic carbocycles. The third-order valence-electron chi connectivity index (χ3n) is 8.69. The molecule has 2 N–H and O–H groups in total. The summed E-state index contributed by atoms with van der Waals surface area (Å²) in [6, 6.07) is 5.84. The average molecular weight is 521 g/mol.